The molecule has 90 valence electrons. The second-order valence-electron chi connectivity index (χ2n) is 4.09. The molecule has 0 fully saturated rings. The molecule has 3 N–H and O–H groups in total. The molecule has 0 saturated carbocycles. The van der Waals surface area contributed by atoms with Crippen LogP contribution in [0.15, 0.2) is 42.7 Å². The van der Waals surface area contributed by atoms with Crippen molar-refractivity contribution in [3.63, 3.8) is 0 Å². The van der Waals surface area contributed by atoms with Crippen molar-refractivity contribution in [3.8, 4) is 0 Å². The lowest BCUT2D eigenvalue weighted by Gasteiger charge is -2.04. The van der Waals surface area contributed by atoms with E-state index >= 15 is 0 Å². The predicted molar refractivity (Wildman–Crippen MR) is 69.2 cm³/mol. The summed E-state index contributed by atoms with van der Waals surface area (Å²) in [5, 5.41) is 10.7. The Balaban J connectivity index is 1.73. The average molecular weight is 240 g/mol. The van der Waals surface area contributed by atoms with Gasteiger partial charge >= 0.3 is 0 Å². The molecule has 0 atom stereocenters. The molecule has 0 bridgehead atoms. The highest BCUT2D eigenvalue weighted by molar-refractivity contribution is 5.94. The number of fused-ring (bicyclic) bond motifs is 1. The van der Waals surface area contributed by atoms with Gasteiger partial charge < -0.3 is 10.3 Å². The molecule has 5 nitrogen and oxygen atoms in total. The monoisotopic (exact) mass is 240 g/mol. The Morgan fingerprint density at radius 2 is 2.28 bits per heavy atom. The van der Waals surface area contributed by atoms with E-state index in [2.05, 4.69) is 20.5 Å². The lowest BCUT2D eigenvalue weighted by Crippen LogP contribution is -2.14. The van der Waals surface area contributed by atoms with Crippen molar-refractivity contribution in [2.45, 2.75) is 6.42 Å². The van der Waals surface area contributed by atoms with E-state index in [0.717, 1.165) is 22.3 Å². The van der Waals surface area contributed by atoms with Crippen molar-refractivity contribution in [2.24, 2.45) is 0 Å². The van der Waals surface area contributed by atoms with Gasteiger partial charge in [0.05, 0.1) is 18.1 Å². The number of rotatable bonds is 3. The van der Waals surface area contributed by atoms with Crippen LogP contribution in [0.2, 0.25) is 0 Å². The van der Waals surface area contributed by atoms with Crippen molar-refractivity contribution in [1.82, 2.24) is 15.2 Å². The Labute approximate surface area is 103 Å². The van der Waals surface area contributed by atoms with Gasteiger partial charge in [-0.15, -0.1) is 0 Å². The van der Waals surface area contributed by atoms with Crippen LogP contribution < -0.4 is 5.32 Å². The number of carbonyl (C=O) groups is 1. The van der Waals surface area contributed by atoms with Crippen LogP contribution in [-0.4, -0.2) is 21.1 Å². The lowest BCUT2D eigenvalue weighted by molar-refractivity contribution is -0.115. The molecule has 0 aliphatic carbocycles. The zero-order valence-electron chi connectivity index (χ0n) is 9.60. The van der Waals surface area contributed by atoms with E-state index in [1.54, 1.807) is 12.4 Å². The summed E-state index contributed by atoms with van der Waals surface area (Å²) >= 11 is 0. The maximum atomic E-state index is 11.8. The number of nitrogens with zero attached hydrogens (tertiary/aromatic N) is 1. The fourth-order valence-electron chi connectivity index (χ4n) is 1.87. The van der Waals surface area contributed by atoms with Crippen molar-refractivity contribution < 1.29 is 4.79 Å². The Morgan fingerprint density at radius 1 is 1.33 bits per heavy atom. The van der Waals surface area contributed by atoms with Gasteiger partial charge in [-0.3, -0.25) is 9.89 Å². The molecule has 0 radical (unpaired) electrons. The second kappa shape index (κ2) is 4.37. The van der Waals surface area contributed by atoms with Gasteiger partial charge in [0.15, 0.2) is 0 Å². The molecule has 0 unspecified atom stereocenters. The first-order valence-electron chi connectivity index (χ1n) is 5.66. The van der Waals surface area contributed by atoms with Gasteiger partial charge in [-0.2, -0.15) is 5.10 Å². The third-order valence-corrected chi connectivity index (χ3v) is 2.74. The Hall–Kier alpha value is -2.56. The van der Waals surface area contributed by atoms with Gasteiger partial charge in [0.25, 0.3) is 0 Å². The van der Waals surface area contributed by atoms with Crippen molar-refractivity contribution in [2.75, 3.05) is 5.32 Å². The molecule has 0 aliphatic heterocycles. The molecule has 5 heteroatoms. The van der Waals surface area contributed by atoms with E-state index in [4.69, 9.17) is 0 Å². The number of hydrogen-bond acceptors (Lipinski definition) is 2. The molecular weight excluding hydrogens is 228 g/mol. The molecule has 3 rings (SSSR count). The van der Waals surface area contributed by atoms with Gasteiger partial charge in [-0.05, 0) is 30.3 Å². The molecule has 3 aromatic rings. The number of nitrogens with one attached hydrogen (secondary N) is 3. The van der Waals surface area contributed by atoms with Crippen LogP contribution in [0.4, 0.5) is 5.69 Å². The highest BCUT2D eigenvalue weighted by atomic mass is 16.1. The second-order valence-corrected chi connectivity index (χ2v) is 4.09. The fraction of sp³-hybridized carbons (Fsp3) is 0.0769. The van der Waals surface area contributed by atoms with E-state index in [1.807, 2.05) is 30.3 Å². The van der Waals surface area contributed by atoms with Crippen LogP contribution in [0.3, 0.4) is 0 Å². The minimum Gasteiger partial charge on any atom is -0.365 e. The summed E-state index contributed by atoms with van der Waals surface area (Å²) in [6.45, 7) is 0. The Bertz CT molecular complexity index is 669. The summed E-state index contributed by atoms with van der Waals surface area (Å²) in [4.78, 5) is 14.8. The van der Waals surface area contributed by atoms with Crippen LogP contribution in [0.5, 0.6) is 0 Å². The number of benzene rings is 1. The SMILES string of the molecule is O=C(Cc1ccc[nH]1)Nc1ccc2cn[nH]c2c1. The summed E-state index contributed by atoms with van der Waals surface area (Å²) in [5.74, 6) is -0.0451. The summed E-state index contributed by atoms with van der Waals surface area (Å²) in [5.41, 5.74) is 2.58. The quantitative estimate of drug-likeness (QED) is 0.655. The zero-order valence-corrected chi connectivity index (χ0v) is 9.60. The molecule has 18 heavy (non-hydrogen) atoms. The topological polar surface area (TPSA) is 73.6 Å². The highest BCUT2D eigenvalue weighted by Gasteiger charge is 2.05. The number of aromatic nitrogens is 3. The largest absolute Gasteiger partial charge is 0.365 e. The van der Waals surface area contributed by atoms with Gasteiger partial charge in [-0.25, -0.2) is 0 Å². The number of amides is 1. The highest BCUT2D eigenvalue weighted by Crippen LogP contribution is 2.16. The van der Waals surface area contributed by atoms with Crippen LogP contribution in [0.1, 0.15) is 5.69 Å². The maximum absolute atomic E-state index is 11.8. The van der Waals surface area contributed by atoms with Gasteiger partial charge in [0, 0.05) is 23.0 Å². The molecule has 1 amide bonds. The van der Waals surface area contributed by atoms with Gasteiger partial charge in [-0.1, -0.05) is 0 Å². The number of H-pyrrole nitrogens is 2. The van der Waals surface area contributed by atoms with Crippen LogP contribution in [0, 0.1) is 0 Å². The molecular formula is C13H12N4O. The van der Waals surface area contributed by atoms with E-state index in [-0.39, 0.29) is 5.91 Å². The third-order valence-electron chi connectivity index (χ3n) is 2.74. The molecule has 2 aromatic heterocycles. The Kier molecular flexibility index (Phi) is 2.57. The smallest absolute Gasteiger partial charge is 0.230 e. The number of aromatic amines is 2. The van der Waals surface area contributed by atoms with E-state index in [1.165, 1.54) is 0 Å². The standard InChI is InChI=1S/C13H12N4O/c18-13(7-10-2-1-5-14-10)16-11-4-3-9-8-15-17-12(9)6-11/h1-6,8,14H,7H2,(H,15,17)(H,16,18). The van der Waals surface area contributed by atoms with Crippen LogP contribution >= 0.6 is 0 Å². The maximum Gasteiger partial charge on any atom is 0.230 e. The number of anilines is 1. The van der Waals surface area contributed by atoms with Crippen molar-refractivity contribution in [1.29, 1.82) is 0 Å². The van der Waals surface area contributed by atoms with Crippen molar-refractivity contribution in [3.05, 3.63) is 48.4 Å². The number of hydrogen-bond donors (Lipinski definition) is 3. The molecule has 0 spiro atoms. The average Bonchev–Trinajstić information content (AvgIpc) is 2.98. The van der Waals surface area contributed by atoms with E-state index < -0.39 is 0 Å². The van der Waals surface area contributed by atoms with Crippen molar-refractivity contribution >= 4 is 22.5 Å². The summed E-state index contributed by atoms with van der Waals surface area (Å²) in [7, 11) is 0. The fourth-order valence-corrected chi connectivity index (χ4v) is 1.87. The first-order valence-corrected chi connectivity index (χ1v) is 5.66. The minimum absolute atomic E-state index is 0.0451. The van der Waals surface area contributed by atoms with Gasteiger partial charge in [0.2, 0.25) is 5.91 Å². The van der Waals surface area contributed by atoms with Crippen LogP contribution in [0.25, 0.3) is 10.9 Å². The molecule has 2 heterocycles. The molecule has 1 aromatic carbocycles. The van der Waals surface area contributed by atoms with Gasteiger partial charge in [0.1, 0.15) is 0 Å². The molecule has 0 aliphatic rings. The summed E-state index contributed by atoms with van der Waals surface area (Å²) in [6.07, 6.45) is 3.90. The number of carbonyl (C=O) groups excluding carboxylic acids is 1. The summed E-state index contributed by atoms with van der Waals surface area (Å²) in [6, 6.07) is 9.42. The lowest BCUT2D eigenvalue weighted by atomic mass is 10.2. The normalized spacial score (nSPS) is 10.7. The Morgan fingerprint density at radius 3 is 3.11 bits per heavy atom. The first-order chi connectivity index (χ1) is 8.81. The first kappa shape index (κ1) is 10.6. The predicted octanol–water partition coefficient (Wildman–Crippen LogP) is 2.07. The zero-order chi connectivity index (χ0) is 12.4. The summed E-state index contributed by atoms with van der Waals surface area (Å²) < 4.78 is 0. The van der Waals surface area contributed by atoms with E-state index in [0.29, 0.717) is 6.42 Å². The molecule has 0 saturated heterocycles. The van der Waals surface area contributed by atoms with Crippen LogP contribution in [-0.2, 0) is 11.2 Å². The third kappa shape index (κ3) is 2.10. The van der Waals surface area contributed by atoms with E-state index in [9.17, 15) is 4.79 Å². The minimum atomic E-state index is -0.0451.